The quantitative estimate of drug-likeness (QED) is 0.189. The predicted octanol–water partition coefficient (Wildman–Crippen LogP) is 4.50. The Hall–Kier alpha value is -2.74. The van der Waals surface area contributed by atoms with Crippen molar-refractivity contribution in [3.8, 4) is 5.75 Å². The second-order valence-electron chi connectivity index (χ2n) is 7.70. The first-order valence-corrected chi connectivity index (χ1v) is 10.3. The van der Waals surface area contributed by atoms with Gasteiger partial charge in [-0.25, -0.2) is 4.79 Å². The van der Waals surface area contributed by atoms with Crippen LogP contribution >= 0.6 is 0 Å². The monoisotopic (exact) mass is 456 g/mol. The maximum atomic E-state index is 13.9. The summed E-state index contributed by atoms with van der Waals surface area (Å²) >= 11 is 0. The molecule has 6 nitrogen and oxygen atoms in total. The lowest BCUT2D eigenvalue weighted by atomic mass is 9.89. The van der Waals surface area contributed by atoms with Crippen LogP contribution in [-0.2, 0) is 4.79 Å². The SMILES string of the molecule is CC/C=C/[C@H]1CCC[C@@H]1CC=C=C([16OH])C([16OH])([16OH])C(Oc1ccccc1)(C(=O)O)C(F)(F)F. The van der Waals surface area contributed by atoms with Crippen molar-refractivity contribution in [2.45, 2.75) is 56.6 Å². The smallest absolute Gasteiger partial charge is 0.445 e. The fraction of sp³-hybridized carbons (Fsp3) is 0.478. The van der Waals surface area contributed by atoms with Crippen LogP contribution in [0.2, 0.25) is 0 Å². The first kappa shape index (κ1) is 25.5. The number of carboxylic acids is 1. The van der Waals surface area contributed by atoms with E-state index >= 15 is 0 Å². The zero-order valence-corrected chi connectivity index (χ0v) is 17.5. The Morgan fingerprint density at radius 2 is 1.84 bits per heavy atom. The molecule has 0 amide bonds. The van der Waals surface area contributed by atoms with Crippen LogP contribution in [-0.4, -0.2) is 44.0 Å². The normalized spacial score (nSPS) is 21.1. The maximum absolute atomic E-state index is 13.9. The first-order valence-electron chi connectivity index (χ1n) is 10.3. The van der Waals surface area contributed by atoms with Gasteiger partial charge < -0.3 is 25.2 Å². The first-order chi connectivity index (χ1) is 15.0. The van der Waals surface area contributed by atoms with E-state index in [1.54, 1.807) is 0 Å². The topological polar surface area (TPSA) is 107 Å². The van der Waals surface area contributed by atoms with Crippen LogP contribution in [0.25, 0.3) is 0 Å². The van der Waals surface area contributed by atoms with E-state index in [1.165, 1.54) is 24.3 Å². The van der Waals surface area contributed by atoms with Gasteiger partial charge in [0.15, 0.2) is 0 Å². The number of aliphatic hydroxyl groups is 3. The van der Waals surface area contributed by atoms with Gasteiger partial charge in [0.1, 0.15) is 5.75 Å². The summed E-state index contributed by atoms with van der Waals surface area (Å²) in [7, 11) is 0. The summed E-state index contributed by atoms with van der Waals surface area (Å²) < 4.78 is 46.3. The highest BCUT2D eigenvalue weighted by Gasteiger charge is 2.77. The molecule has 1 unspecified atom stereocenters. The number of allylic oxidation sites excluding steroid dienone is 2. The molecule has 0 bridgehead atoms. The Bertz CT molecular complexity index is 871. The summed E-state index contributed by atoms with van der Waals surface area (Å²) in [4.78, 5) is 11.7. The molecule has 1 fully saturated rings. The van der Waals surface area contributed by atoms with Crippen molar-refractivity contribution in [1.82, 2.24) is 0 Å². The van der Waals surface area contributed by atoms with Crippen LogP contribution in [0.1, 0.15) is 39.0 Å². The molecular weight excluding hydrogens is 429 g/mol. The van der Waals surface area contributed by atoms with Gasteiger partial charge >= 0.3 is 17.7 Å². The zero-order valence-electron chi connectivity index (χ0n) is 17.5. The lowest BCUT2D eigenvalue weighted by Crippen LogP contribution is -2.71. The van der Waals surface area contributed by atoms with Gasteiger partial charge in [-0.2, -0.15) is 13.2 Å². The van der Waals surface area contributed by atoms with Crippen molar-refractivity contribution in [2.75, 3.05) is 0 Å². The number of ether oxygens (including phenoxy) is 1. The lowest BCUT2D eigenvalue weighted by molar-refractivity contribution is -0.345. The highest BCUT2D eigenvalue weighted by atomic mass is 19.4. The average molecular weight is 456 g/mol. The number of hydrogen-bond donors (Lipinski definition) is 4. The minimum atomic E-state index is -5.82. The molecule has 0 spiro atoms. The van der Waals surface area contributed by atoms with Crippen LogP contribution in [0.5, 0.6) is 5.75 Å². The second-order valence-corrected chi connectivity index (χ2v) is 7.70. The van der Waals surface area contributed by atoms with Crippen molar-refractivity contribution < 1.29 is 43.1 Å². The molecule has 0 saturated heterocycles. The van der Waals surface area contributed by atoms with Crippen LogP contribution in [0.4, 0.5) is 13.2 Å². The predicted molar refractivity (Wildman–Crippen MR) is 110 cm³/mol. The summed E-state index contributed by atoms with van der Waals surface area (Å²) in [5.74, 6) is -9.00. The fourth-order valence-electron chi connectivity index (χ4n) is 3.80. The fourth-order valence-corrected chi connectivity index (χ4v) is 3.80. The average Bonchev–Trinajstić information content (AvgIpc) is 3.16. The van der Waals surface area contributed by atoms with Gasteiger partial charge in [0.2, 0.25) is 5.76 Å². The van der Waals surface area contributed by atoms with Crippen molar-refractivity contribution in [3.63, 3.8) is 0 Å². The highest BCUT2D eigenvalue weighted by Crippen LogP contribution is 2.44. The molecule has 1 aliphatic rings. The van der Waals surface area contributed by atoms with Crippen molar-refractivity contribution in [2.24, 2.45) is 11.8 Å². The molecule has 0 radical (unpaired) electrons. The molecule has 0 aliphatic heterocycles. The molecular formula is C23H27F3O6. The van der Waals surface area contributed by atoms with Gasteiger partial charge in [-0.3, -0.25) is 0 Å². The lowest BCUT2D eigenvalue weighted by Gasteiger charge is -2.39. The van der Waals surface area contributed by atoms with Crippen LogP contribution in [0.15, 0.2) is 60.1 Å². The third kappa shape index (κ3) is 5.18. The van der Waals surface area contributed by atoms with Crippen LogP contribution in [0, 0.1) is 11.8 Å². The van der Waals surface area contributed by atoms with Crippen LogP contribution in [0.3, 0.4) is 0 Å². The summed E-state index contributed by atoms with van der Waals surface area (Å²) in [6.07, 6.45) is 3.42. The molecule has 1 saturated carbocycles. The Balaban J connectivity index is 2.40. The number of rotatable bonds is 9. The van der Waals surface area contributed by atoms with Crippen molar-refractivity contribution >= 4 is 5.97 Å². The molecule has 1 aromatic rings. The molecule has 4 N–H and O–H groups in total. The van der Waals surface area contributed by atoms with Gasteiger partial charge in [-0.1, -0.05) is 49.4 Å². The molecule has 1 aromatic carbocycles. The number of aliphatic hydroxyl groups excluding tert-OH is 1. The van der Waals surface area contributed by atoms with E-state index in [9.17, 15) is 38.4 Å². The molecule has 32 heavy (non-hydrogen) atoms. The summed E-state index contributed by atoms with van der Waals surface area (Å²) in [5, 5.41) is 40.0. The zero-order chi connectivity index (χ0) is 24.0. The van der Waals surface area contributed by atoms with E-state index in [-0.39, 0.29) is 11.8 Å². The Morgan fingerprint density at radius 1 is 1.19 bits per heavy atom. The molecule has 3 atom stereocenters. The Morgan fingerprint density at radius 3 is 2.41 bits per heavy atom. The van der Waals surface area contributed by atoms with Crippen molar-refractivity contribution in [1.29, 1.82) is 0 Å². The number of carbonyl (C=O) groups is 1. The van der Waals surface area contributed by atoms with E-state index in [2.05, 4.69) is 10.8 Å². The number of para-hydroxylation sites is 1. The molecule has 1 aliphatic carbocycles. The molecule has 0 heterocycles. The summed E-state index contributed by atoms with van der Waals surface area (Å²) in [6, 6.07) is 6.02. The number of benzene rings is 1. The maximum Gasteiger partial charge on any atom is 0.445 e. The van der Waals surface area contributed by atoms with E-state index in [0.717, 1.165) is 37.8 Å². The van der Waals surface area contributed by atoms with Gasteiger partial charge in [-0.15, -0.1) is 0 Å². The number of carboxylic acid groups (broad SMARTS) is 1. The molecule has 2 rings (SSSR count). The van der Waals surface area contributed by atoms with E-state index < -0.39 is 35.0 Å². The Labute approximate surface area is 184 Å². The van der Waals surface area contributed by atoms with Gasteiger partial charge in [-0.05, 0) is 55.7 Å². The summed E-state index contributed by atoms with van der Waals surface area (Å²) in [6.45, 7) is 2.00. The van der Waals surface area contributed by atoms with E-state index in [1.807, 2.05) is 18.7 Å². The largest absolute Gasteiger partial charge is 0.500 e. The van der Waals surface area contributed by atoms with E-state index in [4.69, 9.17) is 0 Å². The van der Waals surface area contributed by atoms with Crippen molar-refractivity contribution in [3.05, 3.63) is 60.1 Å². The standard InChI is InChI=1S/C23H27F3O6/c1-2-3-9-16-10-7-11-17(16)12-8-15-19(27)22(30,31)21(20(28)29,23(24,25)26)32-18-13-5-4-6-14-18/h3-6,8-9,13-14,16-17,27,30-31H,2,7,10-12H2,1H3,(H,28,29)/b9-3+/t15?,16-,17+,21?/m0/s1/i27+0,30+0,31+0. The van der Waals surface area contributed by atoms with E-state index in [0.29, 0.717) is 6.42 Å². The number of aliphatic carboxylic acids is 1. The Kier molecular flexibility index (Phi) is 8.18. The van der Waals surface area contributed by atoms with Gasteiger partial charge in [0, 0.05) is 0 Å². The number of alkyl halides is 3. The van der Waals surface area contributed by atoms with Crippen LogP contribution < -0.4 is 4.74 Å². The highest BCUT2D eigenvalue weighted by molar-refractivity contribution is 5.81. The van der Waals surface area contributed by atoms with Gasteiger partial charge in [0.05, 0.1) is 0 Å². The summed E-state index contributed by atoms with van der Waals surface area (Å²) in [5.41, 5.74) is -2.58. The number of hydrogen-bond acceptors (Lipinski definition) is 5. The molecule has 9 heteroatoms. The molecule has 0 aromatic heterocycles. The van der Waals surface area contributed by atoms with Gasteiger partial charge in [0.25, 0.3) is 5.79 Å². The minimum absolute atomic E-state index is 0.150. The minimum Gasteiger partial charge on any atom is -0.500 e. The second kappa shape index (κ2) is 10.3. The number of halogens is 3. The third-order valence-electron chi connectivity index (χ3n) is 5.53. The third-order valence-corrected chi connectivity index (χ3v) is 5.53. The molecule has 176 valence electrons.